The molecule has 0 saturated heterocycles. The quantitative estimate of drug-likeness (QED) is 0.185. The third-order valence-corrected chi connectivity index (χ3v) is 6.07. The summed E-state index contributed by atoms with van der Waals surface area (Å²) in [6.45, 7) is 0. The summed E-state index contributed by atoms with van der Waals surface area (Å²) in [5.74, 6) is 0.667. The van der Waals surface area contributed by atoms with E-state index in [9.17, 15) is 4.79 Å². The van der Waals surface area contributed by atoms with Crippen LogP contribution < -0.4 is 10.6 Å². The molecule has 0 bridgehead atoms. The van der Waals surface area contributed by atoms with Crippen molar-refractivity contribution < 1.29 is 9.21 Å². The smallest absolute Gasteiger partial charge is 0.250 e. The lowest BCUT2D eigenvalue weighted by Gasteiger charge is -2.10. The van der Waals surface area contributed by atoms with Crippen LogP contribution in [0.4, 0.5) is 5.69 Å². The molecular formula is C20H12BrCl2IN2O2S. The SMILES string of the molecule is O=C(C=Cc1ccc(-c2cccc(Cl)c2Cl)o1)NC(=S)Nc1ccc(Br)cc1I. The Labute approximate surface area is 204 Å². The van der Waals surface area contributed by atoms with Gasteiger partial charge in [-0.1, -0.05) is 45.2 Å². The highest BCUT2D eigenvalue weighted by Gasteiger charge is 2.10. The minimum Gasteiger partial charge on any atom is -0.457 e. The monoisotopic (exact) mass is 620 g/mol. The van der Waals surface area contributed by atoms with Gasteiger partial charge in [-0.3, -0.25) is 10.1 Å². The molecule has 0 unspecified atom stereocenters. The molecule has 0 radical (unpaired) electrons. The normalized spacial score (nSPS) is 10.9. The zero-order chi connectivity index (χ0) is 21.0. The van der Waals surface area contributed by atoms with Gasteiger partial charge in [0.15, 0.2) is 5.11 Å². The average molecular weight is 622 g/mol. The summed E-state index contributed by atoms with van der Waals surface area (Å²) >= 11 is 23.0. The van der Waals surface area contributed by atoms with Crippen LogP contribution in [0.2, 0.25) is 10.0 Å². The summed E-state index contributed by atoms with van der Waals surface area (Å²) in [5, 5.41) is 6.64. The Hall–Kier alpha value is -1.39. The molecule has 3 aromatic rings. The van der Waals surface area contributed by atoms with E-state index < -0.39 is 0 Å². The number of furan rings is 1. The molecule has 2 aromatic carbocycles. The topological polar surface area (TPSA) is 54.3 Å². The van der Waals surface area contributed by atoms with Gasteiger partial charge in [-0.2, -0.15) is 0 Å². The molecule has 1 amide bonds. The van der Waals surface area contributed by atoms with E-state index in [1.165, 1.54) is 6.08 Å². The highest BCUT2D eigenvalue weighted by Crippen LogP contribution is 2.34. The number of carbonyl (C=O) groups excluding carboxylic acids is 1. The molecule has 1 heterocycles. The van der Waals surface area contributed by atoms with Gasteiger partial charge < -0.3 is 9.73 Å². The van der Waals surface area contributed by atoms with Crippen molar-refractivity contribution in [1.29, 1.82) is 0 Å². The van der Waals surface area contributed by atoms with Gasteiger partial charge in [0.1, 0.15) is 11.5 Å². The molecule has 0 atom stereocenters. The zero-order valence-electron chi connectivity index (χ0n) is 14.5. The van der Waals surface area contributed by atoms with Crippen LogP contribution in [0.25, 0.3) is 17.4 Å². The van der Waals surface area contributed by atoms with Crippen LogP contribution >= 0.6 is 73.9 Å². The van der Waals surface area contributed by atoms with E-state index in [2.05, 4.69) is 49.2 Å². The van der Waals surface area contributed by atoms with Gasteiger partial charge in [-0.25, -0.2) is 0 Å². The lowest BCUT2D eigenvalue weighted by molar-refractivity contribution is -0.115. The lowest BCUT2D eigenvalue weighted by Crippen LogP contribution is -2.33. The van der Waals surface area contributed by atoms with Crippen molar-refractivity contribution in [2.45, 2.75) is 0 Å². The summed E-state index contributed by atoms with van der Waals surface area (Å²) in [6.07, 6.45) is 2.88. The fourth-order valence-corrected chi connectivity index (χ4v) is 4.38. The fraction of sp³-hybridized carbons (Fsp3) is 0. The van der Waals surface area contributed by atoms with Gasteiger partial charge in [0, 0.05) is 19.7 Å². The van der Waals surface area contributed by atoms with Crippen molar-refractivity contribution in [3.05, 3.63) is 78.5 Å². The van der Waals surface area contributed by atoms with Gasteiger partial charge in [-0.15, -0.1) is 0 Å². The van der Waals surface area contributed by atoms with Crippen LogP contribution in [-0.2, 0) is 4.79 Å². The molecule has 0 aliphatic heterocycles. The second-order valence-corrected chi connectivity index (χ2v) is 8.98. The predicted octanol–water partition coefficient (Wildman–Crippen LogP) is 7.15. The Morgan fingerprint density at radius 3 is 2.72 bits per heavy atom. The molecule has 0 fully saturated rings. The average Bonchev–Trinajstić information content (AvgIpc) is 3.13. The Morgan fingerprint density at radius 2 is 1.97 bits per heavy atom. The largest absolute Gasteiger partial charge is 0.457 e. The fourth-order valence-electron chi connectivity index (χ4n) is 2.34. The van der Waals surface area contributed by atoms with Gasteiger partial charge in [0.2, 0.25) is 5.91 Å². The Bertz CT molecular complexity index is 1120. The number of anilines is 1. The molecule has 0 aliphatic rings. The molecular weight excluding hydrogens is 610 g/mol. The Kier molecular flexibility index (Phi) is 7.75. The minimum absolute atomic E-state index is 0.200. The highest BCUT2D eigenvalue weighted by atomic mass is 127. The summed E-state index contributed by atoms with van der Waals surface area (Å²) in [7, 11) is 0. The first-order valence-electron chi connectivity index (χ1n) is 8.13. The van der Waals surface area contributed by atoms with Crippen molar-refractivity contribution in [3.63, 3.8) is 0 Å². The van der Waals surface area contributed by atoms with Gasteiger partial charge in [-0.05, 0) is 83.3 Å². The summed E-state index contributed by atoms with van der Waals surface area (Å²) in [5.41, 5.74) is 1.48. The van der Waals surface area contributed by atoms with Crippen molar-refractivity contribution in [1.82, 2.24) is 5.32 Å². The maximum atomic E-state index is 12.1. The van der Waals surface area contributed by atoms with E-state index in [4.69, 9.17) is 39.8 Å². The second kappa shape index (κ2) is 10.1. The molecule has 148 valence electrons. The van der Waals surface area contributed by atoms with Crippen molar-refractivity contribution in [3.8, 4) is 11.3 Å². The second-order valence-electron chi connectivity index (χ2n) is 5.70. The first kappa shape index (κ1) is 22.3. The first-order valence-corrected chi connectivity index (χ1v) is 11.2. The molecule has 9 heteroatoms. The summed E-state index contributed by atoms with van der Waals surface area (Å²) in [6, 6.07) is 14.5. The van der Waals surface area contributed by atoms with Gasteiger partial charge >= 0.3 is 0 Å². The predicted molar refractivity (Wildman–Crippen MR) is 134 cm³/mol. The number of rotatable bonds is 4. The van der Waals surface area contributed by atoms with Crippen LogP contribution in [0.15, 0.2) is 63.5 Å². The molecule has 3 rings (SSSR count). The molecule has 0 spiro atoms. The van der Waals surface area contributed by atoms with Crippen LogP contribution in [0.3, 0.4) is 0 Å². The van der Waals surface area contributed by atoms with Crippen molar-refractivity contribution >= 4 is 96.7 Å². The van der Waals surface area contributed by atoms with E-state index >= 15 is 0 Å². The molecule has 0 aliphatic carbocycles. The van der Waals surface area contributed by atoms with E-state index in [1.807, 2.05) is 18.2 Å². The standard InChI is InChI=1S/C20H12BrCl2IN2O2S/c21-11-4-7-16(15(24)10-11)25-20(29)26-18(27)9-6-12-5-8-17(28-12)13-2-1-3-14(22)19(13)23/h1-10H,(H2,25,26,27,29). The highest BCUT2D eigenvalue weighted by molar-refractivity contribution is 14.1. The van der Waals surface area contributed by atoms with Gasteiger partial charge in [0.05, 0.1) is 15.7 Å². The zero-order valence-corrected chi connectivity index (χ0v) is 20.6. The number of benzene rings is 2. The summed E-state index contributed by atoms with van der Waals surface area (Å²) in [4.78, 5) is 12.1. The first-order chi connectivity index (χ1) is 13.8. The van der Waals surface area contributed by atoms with Crippen LogP contribution in [-0.4, -0.2) is 11.0 Å². The summed E-state index contributed by atoms with van der Waals surface area (Å²) < 4.78 is 7.64. The van der Waals surface area contributed by atoms with E-state index in [-0.39, 0.29) is 11.0 Å². The van der Waals surface area contributed by atoms with Gasteiger partial charge in [0.25, 0.3) is 0 Å². The number of thiocarbonyl (C=S) groups is 1. The number of halogens is 4. The van der Waals surface area contributed by atoms with Crippen molar-refractivity contribution in [2.24, 2.45) is 0 Å². The maximum Gasteiger partial charge on any atom is 0.250 e. The molecule has 0 saturated carbocycles. The van der Waals surface area contributed by atoms with Crippen LogP contribution in [0.5, 0.6) is 0 Å². The Balaban J connectivity index is 1.61. The van der Waals surface area contributed by atoms with E-state index in [1.54, 1.807) is 36.4 Å². The van der Waals surface area contributed by atoms with Crippen LogP contribution in [0.1, 0.15) is 5.76 Å². The number of carbonyl (C=O) groups is 1. The Morgan fingerprint density at radius 1 is 1.17 bits per heavy atom. The van der Waals surface area contributed by atoms with Crippen LogP contribution in [0, 0.1) is 3.57 Å². The maximum absolute atomic E-state index is 12.1. The number of hydrogen-bond acceptors (Lipinski definition) is 3. The molecule has 4 nitrogen and oxygen atoms in total. The molecule has 1 aromatic heterocycles. The van der Waals surface area contributed by atoms with E-state index in [0.29, 0.717) is 27.1 Å². The molecule has 2 N–H and O–H groups in total. The number of nitrogens with one attached hydrogen (secondary N) is 2. The van der Waals surface area contributed by atoms with Crippen molar-refractivity contribution in [2.75, 3.05) is 5.32 Å². The third kappa shape index (κ3) is 6.05. The third-order valence-electron chi connectivity index (χ3n) is 3.66. The number of amides is 1. The molecule has 29 heavy (non-hydrogen) atoms. The van der Waals surface area contributed by atoms with E-state index in [0.717, 1.165) is 13.7 Å². The minimum atomic E-state index is -0.381. The lowest BCUT2D eigenvalue weighted by atomic mass is 10.2. The number of hydrogen-bond donors (Lipinski definition) is 2.